The lowest BCUT2D eigenvalue weighted by molar-refractivity contribution is 0.611. The molecule has 0 atom stereocenters. The van der Waals surface area contributed by atoms with E-state index in [1.807, 2.05) is 24.3 Å². The van der Waals surface area contributed by atoms with Crippen molar-refractivity contribution in [3.8, 4) is 0 Å². The van der Waals surface area contributed by atoms with E-state index in [4.69, 9.17) is 0 Å². The largest absolute Gasteiger partial charge is 0.299 e. The van der Waals surface area contributed by atoms with Gasteiger partial charge in [0.05, 0.1) is 17.2 Å². The highest BCUT2D eigenvalue weighted by Crippen LogP contribution is 2.05. The van der Waals surface area contributed by atoms with Crippen molar-refractivity contribution < 1.29 is 0 Å². The van der Waals surface area contributed by atoms with Crippen molar-refractivity contribution >= 4 is 23.5 Å². The van der Waals surface area contributed by atoms with Crippen molar-refractivity contribution in [2.24, 2.45) is 0 Å². The van der Waals surface area contributed by atoms with Crippen LogP contribution < -0.4 is 5.56 Å². The number of nitrogens with zero attached hydrogens (tertiary/aromatic N) is 2. The number of benzene rings is 1. The number of rotatable bonds is 4. The molecule has 2 rings (SSSR count). The van der Waals surface area contributed by atoms with Crippen LogP contribution in [0.5, 0.6) is 0 Å². The van der Waals surface area contributed by atoms with Gasteiger partial charge in [-0.3, -0.25) is 9.36 Å². The molecule has 1 aromatic carbocycles. The summed E-state index contributed by atoms with van der Waals surface area (Å²) < 4.78 is 1.67. The quantitative estimate of drug-likeness (QED) is 0.649. The van der Waals surface area contributed by atoms with Crippen LogP contribution in [0, 0.1) is 0 Å². The lowest BCUT2D eigenvalue weighted by Crippen LogP contribution is -2.20. The number of hydrogen-bond acceptors (Lipinski definition) is 3. The first kappa shape index (κ1) is 11.2. The van der Waals surface area contributed by atoms with Gasteiger partial charge in [0, 0.05) is 6.54 Å². The SMILES string of the molecule is O=c1c2ccccc2ncn1CCCCS. The van der Waals surface area contributed by atoms with Crippen LogP contribution in [0.15, 0.2) is 35.4 Å². The van der Waals surface area contributed by atoms with Crippen molar-refractivity contribution in [1.82, 2.24) is 9.55 Å². The standard InChI is InChI=1S/C12H14N2OS/c15-12-10-5-1-2-6-11(10)13-9-14(12)7-3-4-8-16/h1-2,5-6,9,16H,3-4,7-8H2. The Hall–Kier alpha value is -1.29. The fraction of sp³-hybridized carbons (Fsp3) is 0.333. The Morgan fingerprint density at radius 3 is 2.88 bits per heavy atom. The van der Waals surface area contributed by atoms with Gasteiger partial charge in [-0.25, -0.2) is 4.98 Å². The van der Waals surface area contributed by atoms with Gasteiger partial charge in [-0.2, -0.15) is 12.6 Å². The number of para-hydroxylation sites is 1. The van der Waals surface area contributed by atoms with Gasteiger partial charge in [-0.15, -0.1) is 0 Å². The molecule has 1 aromatic heterocycles. The van der Waals surface area contributed by atoms with Gasteiger partial charge in [-0.05, 0) is 30.7 Å². The minimum absolute atomic E-state index is 0.0461. The monoisotopic (exact) mass is 234 g/mol. The van der Waals surface area contributed by atoms with E-state index < -0.39 is 0 Å². The third kappa shape index (κ3) is 2.27. The lowest BCUT2D eigenvalue weighted by atomic mass is 10.2. The first-order valence-electron chi connectivity index (χ1n) is 5.38. The zero-order valence-electron chi connectivity index (χ0n) is 8.97. The number of aromatic nitrogens is 2. The zero-order valence-corrected chi connectivity index (χ0v) is 9.86. The van der Waals surface area contributed by atoms with E-state index >= 15 is 0 Å². The van der Waals surface area contributed by atoms with Crippen molar-refractivity contribution in [1.29, 1.82) is 0 Å². The van der Waals surface area contributed by atoms with E-state index in [-0.39, 0.29) is 5.56 Å². The van der Waals surface area contributed by atoms with E-state index in [2.05, 4.69) is 17.6 Å². The lowest BCUT2D eigenvalue weighted by Gasteiger charge is -2.05. The second-order valence-corrected chi connectivity index (χ2v) is 4.14. The van der Waals surface area contributed by atoms with Gasteiger partial charge in [0.15, 0.2) is 0 Å². The van der Waals surface area contributed by atoms with Crippen molar-refractivity contribution in [2.45, 2.75) is 19.4 Å². The van der Waals surface area contributed by atoms with Crippen LogP contribution in [0.2, 0.25) is 0 Å². The Balaban J connectivity index is 2.33. The van der Waals surface area contributed by atoms with Gasteiger partial charge in [0.25, 0.3) is 5.56 Å². The van der Waals surface area contributed by atoms with Gasteiger partial charge >= 0.3 is 0 Å². The summed E-state index contributed by atoms with van der Waals surface area (Å²) in [6, 6.07) is 7.43. The molecule has 0 radical (unpaired) electrons. The molecule has 84 valence electrons. The van der Waals surface area contributed by atoms with Gasteiger partial charge in [0.1, 0.15) is 0 Å². The maximum absolute atomic E-state index is 12.0. The summed E-state index contributed by atoms with van der Waals surface area (Å²) in [4.78, 5) is 16.3. The zero-order chi connectivity index (χ0) is 11.4. The molecule has 0 aliphatic heterocycles. The molecule has 0 saturated heterocycles. The summed E-state index contributed by atoms with van der Waals surface area (Å²) in [6.45, 7) is 0.719. The van der Waals surface area contributed by atoms with Crippen LogP contribution >= 0.6 is 12.6 Å². The van der Waals surface area contributed by atoms with E-state index in [0.29, 0.717) is 5.39 Å². The van der Waals surface area contributed by atoms with E-state index in [1.54, 1.807) is 10.9 Å². The Morgan fingerprint density at radius 2 is 2.06 bits per heavy atom. The summed E-state index contributed by atoms with van der Waals surface area (Å²) >= 11 is 4.15. The average Bonchev–Trinajstić information content (AvgIpc) is 2.33. The molecule has 16 heavy (non-hydrogen) atoms. The minimum atomic E-state index is 0.0461. The molecule has 0 spiro atoms. The Bertz CT molecular complexity index is 536. The van der Waals surface area contributed by atoms with Gasteiger partial charge < -0.3 is 0 Å². The van der Waals surface area contributed by atoms with E-state index in [1.165, 1.54) is 0 Å². The van der Waals surface area contributed by atoms with Crippen LogP contribution in [0.1, 0.15) is 12.8 Å². The fourth-order valence-electron chi connectivity index (χ4n) is 1.66. The number of thiol groups is 1. The second kappa shape index (κ2) is 5.16. The number of aryl methyl sites for hydroxylation is 1. The molecule has 4 heteroatoms. The molecule has 2 aromatic rings. The van der Waals surface area contributed by atoms with Gasteiger partial charge in [0.2, 0.25) is 0 Å². The molecular weight excluding hydrogens is 220 g/mol. The molecule has 0 unspecified atom stereocenters. The summed E-state index contributed by atoms with van der Waals surface area (Å²) in [6.07, 6.45) is 3.61. The molecule has 0 fully saturated rings. The number of fused-ring (bicyclic) bond motifs is 1. The first-order chi connectivity index (χ1) is 7.83. The Kier molecular flexibility index (Phi) is 3.62. The van der Waals surface area contributed by atoms with E-state index in [9.17, 15) is 4.79 Å². The molecule has 0 aliphatic carbocycles. The topological polar surface area (TPSA) is 34.9 Å². The van der Waals surface area contributed by atoms with E-state index in [0.717, 1.165) is 30.7 Å². The maximum Gasteiger partial charge on any atom is 0.261 e. The molecule has 0 N–H and O–H groups in total. The Labute approximate surface area is 99.5 Å². The predicted molar refractivity (Wildman–Crippen MR) is 69.1 cm³/mol. The average molecular weight is 234 g/mol. The molecule has 3 nitrogen and oxygen atoms in total. The third-order valence-electron chi connectivity index (χ3n) is 2.54. The minimum Gasteiger partial charge on any atom is -0.299 e. The van der Waals surface area contributed by atoms with Crippen LogP contribution in [0.4, 0.5) is 0 Å². The maximum atomic E-state index is 12.0. The highest BCUT2D eigenvalue weighted by Gasteiger charge is 2.02. The molecule has 0 saturated carbocycles. The van der Waals surface area contributed by atoms with Gasteiger partial charge in [-0.1, -0.05) is 12.1 Å². The second-order valence-electron chi connectivity index (χ2n) is 3.69. The summed E-state index contributed by atoms with van der Waals surface area (Å²) in [5, 5.41) is 0.691. The van der Waals surface area contributed by atoms with Crippen molar-refractivity contribution in [3.63, 3.8) is 0 Å². The molecule has 1 heterocycles. The highest BCUT2D eigenvalue weighted by atomic mass is 32.1. The number of hydrogen-bond donors (Lipinski definition) is 1. The van der Waals surface area contributed by atoms with Crippen LogP contribution in [-0.2, 0) is 6.54 Å². The first-order valence-corrected chi connectivity index (χ1v) is 6.01. The molecular formula is C12H14N2OS. The van der Waals surface area contributed by atoms with Crippen molar-refractivity contribution in [2.75, 3.05) is 5.75 Å². The molecule has 0 aliphatic rings. The Morgan fingerprint density at radius 1 is 1.25 bits per heavy atom. The normalized spacial score (nSPS) is 10.8. The molecule has 0 amide bonds. The van der Waals surface area contributed by atoms with Crippen molar-refractivity contribution in [3.05, 3.63) is 40.9 Å². The van der Waals surface area contributed by atoms with Crippen LogP contribution in [-0.4, -0.2) is 15.3 Å². The molecule has 0 bridgehead atoms. The summed E-state index contributed by atoms with van der Waals surface area (Å²) in [5.74, 6) is 0.857. The predicted octanol–water partition coefficient (Wildman–Crippen LogP) is 2.11. The fourth-order valence-corrected chi connectivity index (χ4v) is 1.88. The summed E-state index contributed by atoms with van der Waals surface area (Å²) in [7, 11) is 0. The highest BCUT2D eigenvalue weighted by molar-refractivity contribution is 7.80. The number of unbranched alkanes of at least 4 members (excludes halogenated alkanes) is 1. The van der Waals surface area contributed by atoms with Crippen LogP contribution in [0.3, 0.4) is 0 Å². The summed E-state index contributed by atoms with van der Waals surface area (Å²) in [5.41, 5.74) is 0.808. The third-order valence-corrected chi connectivity index (χ3v) is 2.85. The smallest absolute Gasteiger partial charge is 0.261 e. The van der Waals surface area contributed by atoms with Crippen LogP contribution in [0.25, 0.3) is 10.9 Å².